The molecule has 0 bridgehead atoms. The van der Waals surface area contributed by atoms with Gasteiger partial charge in [-0.1, -0.05) is 0 Å². The maximum atomic E-state index is 12.4. The van der Waals surface area contributed by atoms with Gasteiger partial charge in [0.25, 0.3) is 5.91 Å². The van der Waals surface area contributed by atoms with E-state index >= 15 is 0 Å². The molecule has 0 spiro atoms. The van der Waals surface area contributed by atoms with Gasteiger partial charge in [0, 0.05) is 50.3 Å². The fourth-order valence-electron chi connectivity index (χ4n) is 2.42. The molecule has 1 aliphatic rings. The van der Waals surface area contributed by atoms with Gasteiger partial charge in [-0.2, -0.15) is 0 Å². The second-order valence-corrected chi connectivity index (χ2v) is 5.22. The lowest BCUT2D eigenvalue weighted by molar-refractivity contribution is 0.0745. The number of nitrogens with zero attached hydrogens (tertiary/aromatic N) is 4. The molecule has 3 heterocycles. The molecule has 1 saturated heterocycles. The smallest absolute Gasteiger partial charge is 0.255 e. The molecule has 22 heavy (non-hydrogen) atoms. The summed E-state index contributed by atoms with van der Waals surface area (Å²) in [6, 6.07) is 4.78. The number of rotatable bonds is 2. The molecule has 1 aliphatic heterocycles. The third-order valence-corrected chi connectivity index (χ3v) is 3.66. The van der Waals surface area contributed by atoms with Crippen LogP contribution in [0.1, 0.15) is 16.1 Å². The number of H-pyrrole nitrogens is 1. The number of carbonyl (C=O) groups is 1. The van der Waals surface area contributed by atoms with Crippen LogP contribution in [-0.2, 0) is 0 Å². The summed E-state index contributed by atoms with van der Waals surface area (Å²) in [5, 5.41) is 0. The molecule has 3 rings (SSSR count). The second kappa shape index (κ2) is 5.97. The molecular weight excluding hydrogens is 282 g/mol. The summed E-state index contributed by atoms with van der Waals surface area (Å²) in [4.78, 5) is 38.5. The molecule has 1 fully saturated rings. The van der Waals surface area contributed by atoms with Crippen molar-refractivity contribution in [1.82, 2.24) is 19.9 Å². The Hall–Kier alpha value is -2.70. The first kappa shape index (κ1) is 14.2. The van der Waals surface area contributed by atoms with Gasteiger partial charge in [-0.15, -0.1) is 0 Å². The van der Waals surface area contributed by atoms with Crippen LogP contribution in [0.5, 0.6) is 0 Å². The minimum atomic E-state index is -0.210. The van der Waals surface area contributed by atoms with Crippen LogP contribution in [0.2, 0.25) is 0 Å². The summed E-state index contributed by atoms with van der Waals surface area (Å²) in [5.74, 6) is 0.636. The zero-order chi connectivity index (χ0) is 15.5. The Labute approximate surface area is 127 Å². The lowest BCUT2D eigenvalue weighted by Crippen LogP contribution is -2.49. The van der Waals surface area contributed by atoms with E-state index in [4.69, 9.17) is 0 Å². The van der Waals surface area contributed by atoms with Gasteiger partial charge in [0.2, 0.25) is 11.5 Å². The van der Waals surface area contributed by atoms with E-state index in [0.29, 0.717) is 37.7 Å². The van der Waals surface area contributed by atoms with Crippen LogP contribution < -0.4 is 10.5 Å². The van der Waals surface area contributed by atoms with Crippen molar-refractivity contribution in [3.05, 3.63) is 52.2 Å². The van der Waals surface area contributed by atoms with Gasteiger partial charge in [-0.05, 0) is 19.1 Å². The third-order valence-electron chi connectivity index (χ3n) is 3.66. The van der Waals surface area contributed by atoms with E-state index in [1.54, 1.807) is 17.2 Å². The van der Waals surface area contributed by atoms with Crippen molar-refractivity contribution in [2.75, 3.05) is 31.1 Å². The molecule has 1 N–H and O–H groups in total. The predicted molar refractivity (Wildman–Crippen MR) is 81.9 cm³/mol. The molecule has 0 aromatic carbocycles. The molecule has 2 aromatic rings. The summed E-state index contributed by atoms with van der Waals surface area (Å²) in [6.07, 6.45) is 3.20. The monoisotopic (exact) mass is 299 g/mol. The quantitative estimate of drug-likeness (QED) is 0.870. The van der Waals surface area contributed by atoms with Crippen LogP contribution in [0.25, 0.3) is 0 Å². The standard InChI is InChI=1S/C15H17N5O2/c1-11-4-5-16-15(18-11)20-8-6-19(7-9-20)14(22)12-2-3-13(21)17-10-12/h2-5,10H,6-9H2,1H3,(H,17,21). The number of amides is 1. The number of aryl methyl sites for hydroxylation is 1. The largest absolute Gasteiger partial charge is 0.337 e. The maximum Gasteiger partial charge on any atom is 0.255 e. The predicted octanol–water partition coefficient (Wildman–Crippen LogP) is 0.436. The van der Waals surface area contributed by atoms with E-state index in [9.17, 15) is 9.59 Å². The zero-order valence-electron chi connectivity index (χ0n) is 12.3. The second-order valence-electron chi connectivity index (χ2n) is 5.22. The van der Waals surface area contributed by atoms with E-state index in [2.05, 4.69) is 19.9 Å². The van der Waals surface area contributed by atoms with Crippen LogP contribution in [0.4, 0.5) is 5.95 Å². The SMILES string of the molecule is Cc1ccnc(N2CCN(C(=O)c3ccc(=O)[nH]c3)CC2)n1. The Kier molecular flexibility index (Phi) is 3.86. The number of aromatic nitrogens is 3. The van der Waals surface area contributed by atoms with Crippen molar-refractivity contribution in [2.24, 2.45) is 0 Å². The summed E-state index contributed by atoms with van der Waals surface area (Å²) in [7, 11) is 0. The first-order valence-corrected chi connectivity index (χ1v) is 7.16. The molecule has 0 aliphatic carbocycles. The van der Waals surface area contributed by atoms with Crippen molar-refractivity contribution < 1.29 is 4.79 Å². The van der Waals surface area contributed by atoms with E-state index in [-0.39, 0.29) is 11.5 Å². The van der Waals surface area contributed by atoms with Crippen LogP contribution in [0.15, 0.2) is 35.4 Å². The van der Waals surface area contributed by atoms with Crippen molar-refractivity contribution in [2.45, 2.75) is 6.92 Å². The summed E-state index contributed by atoms with van der Waals surface area (Å²) in [5.41, 5.74) is 1.22. The first-order chi connectivity index (χ1) is 10.6. The number of hydrogen-bond donors (Lipinski definition) is 1. The van der Waals surface area contributed by atoms with Crippen molar-refractivity contribution in [3.63, 3.8) is 0 Å². The lowest BCUT2D eigenvalue weighted by atomic mass is 10.2. The van der Waals surface area contributed by atoms with Crippen LogP contribution >= 0.6 is 0 Å². The number of pyridine rings is 1. The average molecular weight is 299 g/mol. The summed E-state index contributed by atoms with van der Waals surface area (Å²) >= 11 is 0. The maximum absolute atomic E-state index is 12.4. The molecule has 1 amide bonds. The van der Waals surface area contributed by atoms with Gasteiger partial charge >= 0.3 is 0 Å². The topological polar surface area (TPSA) is 82.2 Å². The Morgan fingerprint density at radius 3 is 2.59 bits per heavy atom. The van der Waals surface area contributed by atoms with E-state index in [1.165, 1.54) is 12.3 Å². The molecule has 2 aromatic heterocycles. The minimum Gasteiger partial charge on any atom is -0.337 e. The molecule has 7 nitrogen and oxygen atoms in total. The highest BCUT2D eigenvalue weighted by atomic mass is 16.2. The summed E-state index contributed by atoms with van der Waals surface area (Å²) in [6.45, 7) is 4.53. The molecule has 0 radical (unpaired) electrons. The first-order valence-electron chi connectivity index (χ1n) is 7.16. The molecule has 0 unspecified atom stereocenters. The lowest BCUT2D eigenvalue weighted by Gasteiger charge is -2.34. The number of nitrogens with one attached hydrogen (secondary N) is 1. The number of hydrogen-bond acceptors (Lipinski definition) is 5. The van der Waals surface area contributed by atoms with Gasteiger partial charge in [0.05, 0.1) is 5.56 Å². The van der Waals surface area contributed by atoms with E-state index in [0.717, 1.165) is 5.69 Å². The third kappa shape index (κ3) is 2.98. The van der Waals surface area contributed by atoms with E-state index < -0.39 is 0 Å². The molecule has 0 saturated carbocycles. The van der Waals surface area contributed by atoms with Gasteiger partial charge in [-0.25, -0.2) is 9.97 Å². The van der Waals surface area contributed by atoms with Crippen molar-refractivity contribution in [3.8, 4) is 0 Å². The number of anilines is 1. The minimum absolute atomic E-state index is 0.0685. The van der Waals surface area contributed by atoms with Gasteiger partial charge in [0.1, 0.15) is 0 Å². The average Bonchev–Trinajstić information content (AvgIpc) is 2.55. The number of carbonyl (C=O) groups excluding carboxylic acids is 1. The van der Waals surface area contributed by atoms with Gasteiger partial charge < -0.3 is 14.8 Å². The highest BCUT2D eigenvalue weighted by Crippen LogP contribution is 2.12. The molecule has 0 atom stereocenters. The van der Waals surface area contributed by atoms with Crippen molar-refractivity contribution >= 4 is 11.9 Å². The van der Waals surface area contributed by atoms with Crippen LogP contribution in [0.3, 0.4) is 0 Å². The Balaban J connectivity index is 1.65. The fraction of sp³-hybridized carbons (Fsp3) is 0.333. The number of piperazine rings is 1. The normalized spacial score (nSPS) is 15.0. The Morgan fingerprint density at radius 1 is 1.18 bits per heavy atom. The zero-order valence-corrected chi connectivity index (χ0v) is 12.3. The van der Waals surface area contributed by atoms with Gasteiger partial charge in [-0.3, -0.25) is 9.59 Å². The molecule has 114 valence electrons. The van der Waals surface area contributed by atoms with Crippen molar-refractivity contribution in [1.29, 1.82) is 0 Å². The fourth-order valence-corrected chi connectivity index (χ4v) is 2.42. The Bertz CT molecular complexity index is 714. The summed E-state index contributed by atoms with van der Waals surface area (Å²) < 4.78 is 0. The highest BCUT2D eigenvalue weighted by Gasteiger charge is 2.23. The van der Waals surface area contributed by atoms with Gasteiger partial charge in [0.15, 0.2) is 0 Å². The van der Waals surface area contributed by atoms with Crippen LogP contribution in [-0.4, -0.2) is 51.9 Å². The van der Waals surface area contributed by atoms with E-state index in [1.807, 2.05) is 13.0 Å². The molecule has 7 heteroatoms. The Morgan fingerprint density at radius 2 is 1.95 bits per heavy atom. The highest BCUT2D eigenvalue weighted by molar-refractivity contribution is 5.94. The molecular formula is C15H17N5O2. The number of aromatic amines is 1. The van der Waals surface area contributed by atoms with Crippen LogP contribution in [0, 0.1) is 6.92 Å².